The number of hydrogen-bond acceptors (Lipinski definition) is 6. The molecule has 0 aliphatic rings. The van der Waals surface area contributed by atoms with Crippen molar-refractivity contribution >= 4 is 27.8 Å². The molecule has 0 bridgehead atoms. The zero-order chi connectivity index (χ0) is 19.0. The van der Waals surface area contributed by atoms with Crippen LogP contribution in [0.3, 0.4) is 0 Å². The van der Waals surface area contributed by atoms with Gasteiger partial charge < -0.3 is 18.6 Å². The zero-order valence-corrected chi connectivity index (χ0v) is 15.6. The Bertz CT molecular complexity index is 1130. The molecule has 0 radical (unpaired) electrons. The Kier molecular flexibility index (Phi) is 4.41. The molecule has 0 amide bonds. The number of nitrogens with zero attached hydrogens (tertiary/aromatic N) is 3. The molecule has 0 fully saturated rings. The Hall–Kier alpha value is -3.12. The van der Waals surface area contributed by atoms with E-state index in [1.165, 1.54) is 0 Å². The number of benzene rings is 2. The summed E-state index contributed by atoms with van der Waals surface area (Å²) in [5.41, 5.74) is 2.78. The maximum absolute atomic E-state index is 12.5. The van der Waals surface area contributed by atoms with E-state index >= 15 is 0 Å². The fourth-order valence-corrected chi connectivity index (χ4v) is 2.95. The monoisotopic (exact) mass is 363 g/mol. The summed E-state index contributed by atoms with van der Waals surface area (Å²) in [6.45, 7) is 1.82. The van der Waals surface area contributed by atoms with Gasteiger partial charge in [0.15, 0.2) is 5.58 Å². The topological polar surface area (TPSA) is 62.7 Å². The highest BCUT2D eigenvalue weighted by atomic mass is 16.4. The number of anilines is 1. The van der Waals surface area contributed by atoms with Crippen molar-refractivity contribution in [2.75, 3.05) is 39.1 Å². The predicted molar refractivity (Wildman–Crippen MR) is 107 cm³/mol. The van der Waals surface area contributed by atoms with Crippen LogP contribution in [0.2, 0.25) is 0 Å². The van der Waals surface area contributed by atoms with E-state index in [4.69, 9.17) is 8.83 Å². The molecule has 0 saturated heterocycles. The SMILES string of the molecule is CN(C)CCN(C)c1ccc2cc(-c3nc4ccccc4o3)c(=O)oc2c1. The molecule has 6 nitrogen and oxygen atoms in total. The van der Waals surface area contributed by atoms with Gasteiger partial charge in [0, 0.05) is 37.3 Å². The summed E-state index contributed by atoms with van der Waals surface area (Å²) in [7, 11) is 6.11. The highest BCUT2D eigenvalue weighted by Crippen LogP contribution is 2.26. The fourth-order valence-electron chi connectivity index (χ4n) is 2.95. The Morgan fingerprint density at radius 2 is 1.74 bits per heavy atom. The molecule has 2 aromatic heterocycles. The normalized spacial score (nSPS) is 11.6. The van der Waals surface area contributed by atoms with Crippen molar-refractivity contribution in [3.8, 4) is 11.5 Å². The second-order valence-electron chi connectivity index (χ2n) is 6.88. The first kappa shape index (κ1) is 17.3. The number of oxazole rings is 1. The molecule has 0 spiro atoms. The Morgan fingerprint density at radius 1 is 0.926 bits per heavy atom. The molecule has 138 valence electrons. The molecule has 0 atom stereocenters. The molecular weight excluding hydrogens is 342 g/mol. The minimum absolute atomic E-state index is 0.277. The van der Waals surface area contributed by atoms with Crippen molar-refractivity contribution in [2.45, 2.75) is 0 Å². The largest absolute Gasteiger partial charge is 0.436 e. The Balaban J connectivity index is 1.71. The van der Waals surface area contributed by atoms with Crippen molar-refractivity contribution in [2.24, 2.45) is 0 Å². The number of fused-ring (bicyclic) bond motifs is 2. The van der Waals surface area contributed by atoms with Crippen molar-refractivity contribution in [1.29, 1.82) is 0 Å². The van der Waals surface area contributed by atoms with Crippen molar-refractivity contribution < 1.29 is 8.83 Å². The molecule has 4 aromatic rings. The average Bonchev–Trinajstić information content (AvgIpc) is 3.08. The minimum Gasteiger partial charge on any atom is -0.436 e. The van der Waals surface area contributed by atoms with Crippen molar-refractivity contribution in [3.05, 3.63) is 59.0 Å². The van der Waals surface area contributed by atoms with Crippen LogP contribution >= 0.6 is 0 Å². The van der Waals surface area contributed by atoms with Gasteiger partial charge in [-0.1, -0.05) is 12.1 Å². The van der Waals surface area contributed by atoms with Gasteiger partial charge in [-0.3, -0.25) is 0 Å². The maximum atomic E-state index is 12.5. The summed E-state index contributed by atoms with van der Waals surface area (Å²) in [5.74, 6) is 0.277. The molecule has 0 aliphatic heterocycles. The van der Waals surface area contributed by atoms with Gasteiger partial charge in [0.2, 0.25) is 5.89 Å². The summed E-state index contributed by atoms with van der Waals surface area (Å²) in [6, 6.07) is 15.1. The first-order chi connectivity index (χ1) is 13.0. The Morgan fingerprint density at radius 3 is 2.52 bits per heavy atom. The van der Waals surface area contributed by atoms with Crippen LogP contribution in [0.1, 0.15) is 0 Å². The third-order valence-electron chi connectivity index (χ3n) is 4.57. The molecular formula is C21H21N3O3. The van der Waals surface area contributed by atoms with Crippen LogP contribution < -0.4 is 10.5 Å². The second kappa shape index (κ2) is 6.89. The summed E-state index contributed by atoms with van der Waals surface area (Å²) in [6.07, 6.45) is 0. The smallest absolute Gasteiger partial charge is 0.349 e. The second-order valence-corrected chi connectivity index (χ2v) is 6.88. The summed E-state index contributed by atoms with van der Waals surface area (Å²) >= 11 is 0. The zero-order valence-electron chi connectivity index (χ0n) is 15.6. The van der Waals surface area contributed by atoms with E-state index in [0.717, 1.165) is 24.2 Å². The molecule has 27 heavy (non-hydrogen) atoms. The fraction of sp³-hybridized carbons (Fsp3) is 0.238. The highest BCUT2D eigenvalue weighted by molar-refractivity contribution is 5.84. The summed E-state index contributed by atoms with van der Waals surface area (Å²) in [5, 5.41) is 0.830. The van der Waals surface area contributed by atoms with Crippen LogP contribution in [0.4, 0.5) is 5.69 Å². The molecule has 2 aromatic carbocycles. The maximum Gasteiger partial charge on any atom is 0.349 e. The lowest BCUT2D eigenvalue weighted by Gasteiger charge is -2.21. The van der Waals surface area contributed by atoms with Crippen LogP contribution in [0, 0.1) is 0 Å². The van der Waals surface area contributed by atoms with Crippen LogP contribution in [0.25, 0.3) is 33.5 Å². The highest BCUT2D eigenvalue weighted by Gasteiger charge is 2.15. The number of rotatable bonds is 5. The molecule has 6 heteroatoms. The summed E-state index contributed by atoms with van der Waals surface area (Å²) < 4.78 is 11.3. The first-order valence-electron chi connectivity index (χ1n) is 8.81. The molecule has 0 aliphatic carbocycles. The van der Waals surface area contributed by atoms with Gasteiger partial charge in [-0.25, -0.2) is 9.78 Å². The average molecular weight is 363 g/mol. The van der Waals surface area contributed by atoms with E-state index in [1.54, 1.807) is 6.07 Å². The van der Waals surface area contributed by atoms with Gasteiger partial charge in [0.05, 0.1) is 0 Å². The van der Waals surface area contributed by atoms with Crippen LogP contribution in [0.5, 0.6) is 0 Å². The standard InChI is InChI=1S/C21H21N3O3/c1-23(2)10-11-24(3)15-9-8-14-12-16(21(25)27-19(14)13-15)20-22-17-6-4-5-7-18(17)26-20/h4-9,12-13H,10-11H2,1-3H3. The van der Waals surface area contributed by atoms with Crippen LogP contribution in [0.15, 0.2) is 62.2 Å². The predicted octanol–water partition coefficient (Wildman–Crippen LogP) is 3.60. The summed E-state index contributed by atoms with van der Waals surface area (Å²) in [4.78, 5) is 21.2. The molecule has 0 N–H and O–H groups in total. The van der Waals surface area contributed by atoms with Crippen LogP contribution in [-0.4, -0.2) is 44.1 Å². The van der Waals surface area contributed by atoms with E-state index < -0.39 is 5.63 Å². The van der Waals surface area contributed by atoms with E-state index in [9.17, 15) is 4.79 Å². The lowest BCUT2D eigenvalue weighted by Crippen LogP contribution is -2.28. The van der Waals surface area contributed by atoms with Crippen molar-refractivity contribution in [3.63, 3.8) is 0 Å². The lowest BCUT2D eigenvalue weighted by molar-refractivity contribution is 0.416. The minimum atomic E-state index is -0.456. The van der Waals surface area contributed by atoms with Gasteiger partial charge in [-0.15, -0.1) is 0 Å². The first-order valence-corrected chi connectivity index (χ1v) is 8.81. The van der Waals surface area contributed by atoms with Gasteiger partial charge in [0.1, 0.15) is 16.7 Å². The van der Waals surface area contributed by atoms with E-state index in [0.29, 0.717) is 22.2 Å². The number of para-hydroxylation sites is 2. The van der Waals surface area contributed by atoms with Gasteiger partial charge in [-0.05, 0) is 44.4 Å². The number of aromatic nitrogens is 1. The van der Waals surface area contributed by atoms with E-state index in [-0.39, 0.29) is 5.89 Å². The molecule has 0 saturated carbocycles. The number of hydrogen-bond donors (Lipinski definition) is 0. The third kappa shape index (κ3) is 3.44. The third-order valence-corrected chi connectivity index (χ3v) is 4.57. The van der Waals surface area contributed by atoms with Gasteiger partial charge in [0.25, 0.3) is 0 Å². The molecule has 2 heterocycles. The molecule has 4 rings (SSSR count). The van der Waals surface area contributed by atoms with Crippen LogP contribution in [-0.2, 0) is 0 Å². The quantitative estimate of drug-likeness (QED) is 0.505. The van der Waals surface area contributed by atoms with E-state index in [2.05, 4.69) is 14.8 Å². The van der Waals surface area contributed by atoms with Gasteiger partial charge in [-0.2, -0.15) is 0 Å². The number of likely N-dealkylation sites (N-methyl/N-ethyl adjacent to an activating group) is 2. The lowest BCUT2D eigenvalue weighted by atomic mass is 10.1. The van der Waals surface area contributed by atoms with Crippen molar-refractivity contribution in [1.82, 2.24) is 9.88 Å². The Labute approximate surface area is 156 Å². The van der Waals surface area contributed by atoms with E-state index in [1.807, 2.05) is 63.6 Å². The molecule has 0 unspecified atom stereocenters. The van der Waals surface area contributed by atoms with Gasteiger partial charge >= 0.3 is 5.63 Å².